The molecule has 0 aliphatic rings. The van der Waals surface area contributed by atoms with Crippen molar-refractivity contribution in [2.75, 3.05) is 5.32 Å². The predicted octanol–water partition coefficient (Wildman–Crippen LogP) is 3.25. The fourth-order valence-electron chi connectivity index (χ4n) is 1.53. The van der Waals surface area contributed by atoms with E-state index < -0.39 is 0 Å². The van der Waals surface area contributed by atoms with Crippen molar-refractivity contribution in [3.8, 4) is 0 Å². The van der Waals surface area contributed by atoms with Gasteiger partial charge in [0.2, 0.25) is 0 Å². The van der Waals surface area contributed by atoms with Gasteiger partial charge in [0, 0.05) is 15.0 Å². The fourth-order valence-corrected chi connectivity index (χ4v) is 3.53. The van der Waals surface area contributed by atoms with Crippen LogP contribution in [0.4, 0.5) is 5.82 Å². The van der Waals surface area contributed by atoms with Gasteiger partial charge in [0.05, 0.1) is 11.1 Å². The Balaban J connectivity index is 1.87. The highest BCUT2D eigenvalue weighted by atomic mass is 32.1. The van der Waals surface area contributed by atoms with E-state index >= 15 is 0 Å². The molecule has 0 saturated heterocycles. The molecule has 3 aromatic rings. The Morgan fingerprint density at radius 3 is 3.06 bits per heavy atom. The van der Waals surface area contributed by atoms with Gasteiger partial charge in [-0.2, -0.15) is 5.10 Å². The quantitative estimate of drug-likeness (QED) is 0.745. The van der Waals surface area contributed by atoms with E-state index in [1.165, 1.54) is 11.3 Å². The lowest BCUT2D eigenvalue weighted by molar-refractivity contribution is 0.103. The standard InChI is InChI=1S/C11H9N3OS2/c1-6-5-12-14-10(6)13-11(15)9-4-8-7(17-9)2-3-16-8/h2-5H,1H3,(H2,12,13,14,15). The van der Waals surface area contributed by atoms with Crippen LogP contribution < -0.4 is 5.32 Å². The zero-order valence-electron chi connectivity index (χ0n) is 8.98. The van der Waals surface area contributed by atoms with E-state index in [0.29, 0.717) is 5.82 Å². The molecule has 0 spiro atoms. The predicted molar refractivity (Wildman–Crippen MR) is 71.0 cm³/mol. The number of nitrogens with zero attached hydrogens (tertiary/aromatic N) is 1. The molecule has 2 N–H and O–H groups in total. The first-order chi connectivity index (χ1) is 8.24. The number of aromatic nitrogens is 2. The van der Waals surface area contributed by atoms with E-state index in [9.17, 15) is 4.79 Å². The summed E-state index contributed by atoms with van der Waals surface area (Å²) in [6.07, 6.45) is 1.68. The number of anilines is 1. The molecule has 86 valence electrons. The number of aromatic amines is 1. The molecule has 3 rings (SSSR count). The number of rotatable bonds is 2. The summed E-state index contributed by atoms with van der Waals surface area (Å²) in [5.41, 5.74) is 0.928. The van der Waals surface area contributed by atoms with Crippen molar-refractivity contribution in [1.82, 2.24) is 10.2 Å². The first kappa shape index (κ1) is 10.5. The molecule has 3 aromatic heterocycles. The highest BCUT2D eigenvalue weighted by molar-refractivity contribution is 7.27. The van der Waals surface area contributed by atoms with Crippen molar-refractivity contribution in [2.45, 2.75) is 6.92 Å². The Morgan fingerprint density at radius 1 is 1.47 bits per heavy atom. The number of fused-ring (bicyclic) bond motifs is 1. The summed E-state index contributed by atoms with van der Waals surface area (Å²) in [7, 11) is 0. The van der Waals surface area contributed by atoms with Crippen molar-refractivity contribution < 1.29 is 4.79 Å². The molecule has 0 radical (unpaired) electrons. The van der Waals surface area contributed by atoms with Gasteiger partial charge in [-0.15, -0.1) is 22.7 Å². The van der Waals surface area contributed by atoms with E-state index in [4.69, 9.17) is 0 Å². The first-order valence-corrected chi connectivity index (χ1v) is 6.72. The maximum atomic E-state index is 12.0. The zero-order chi connectivity index (χ0) is 11.8. The summed E-state index contributed by atoms with van der Waals surface area (Å²) >= 11 is 3.15. The van der Waals surface area contributed by atoms with Crippen LogP contribution in [0.5, 0.6) is 0 Å². The number of amides is 1. The van der Waals surface area contributed by atoms with Crippen LogP contribution in [-0.2, 0) is 0 Å². The number of carbonyl (C=O) groups is 1. The van der Waals surface area contributed by atoms with Gasteiger partial charge in [-0.1, -0.05) is 0 Å². The van der Waals surface area contributed by atoms with Crippen LogP contribution in [0.1, 0.15) is 15.2 Å². The zero-order valence-corrected chi connectivity index (χ0v) is 10.6. The molecule has 0 fully saturated rings. The van der Waals surface area contributed by atoms with Crippen molar-refractivity contribution in [1.29, 1.82) is 0 Å². The number of nitrogens with one attached hydrogen (secondary N) is 2. The summed E-state index contributed by atoms with van der Waals surface area (Å²) in [4.78, 5) is 12.7. The van der Waals surface area contributed by atoms with Crippen LogP contribution in [0.3, 0.4) is 0 Å². The van der Waals surface area contributed by atoms with Gasteiger partial charge in [-0.3, -0.25) is 9.89 Å². The molecule has 0 aliphatic carbocycles. The van der Waals surface area contributed by atoms with Gasteiger partial charge in [-0.05, 0) is 24.4 Å². The van der Waals surface area contributed by atoms with Gasteiger partial charge >= 0.3 is 0 Å². The number of thiophene rings is 2. The average molecular weight is 263 g/mol. The lowest BCUT2D eigenvalue weighted by Gasteiger charge is -2.00. The molecule has 0 saturated carbocycles. The Bertz CT molecular complexity index is 651. The lowest BCUT2D eigenvalue weighted by Crippen LogP contribution is -2.11. The maximum Gasteiger partial charge on any atom is 0.266 e. The monoisotopic (exact) mass is 263 g/mol. The molecular weight excluding hydrogens is 254 g/mol. The van der Waals surface area contributed by atoms with Crippen LogP contribution in [0.15, 0.2) is 23.7 Å². The SMILES string of the molecule is Cc1cn[nH]c1NC(=O)c1cc2sccc2s1. The third kappa shape index (κ3) is 1.85. The van der Waals surface area contributed by atoms with Gasteiger partial charge < -0.3 is 5.32 Å². The van der Waals surface area contributed by atoms with Gasteiger partial charge in [0.15, 0.2) is 0 Å². The smallest absolute Gasteiger partial charge is 0.266 e. The van der Waals surface area contributed by atoms with E-state index in [-0.39, 0.29) is 5.91 Å². The van der Waals surface area contributed by atoms with Crippen LogP contribution in [-0.4, -0.2) is 16.1 Å². The van der Waals surface area contributed by atoms with Crippen LogP contribution in [0.25, 0.3) is 9.40 Å². The van der Waals surface area contributed by atoms with Crippen molar-refractivity contribution in [3.05, 3.63) is 34.2 Å². The van der Waals surface area contributed by atoms with Crippen molar-refractivity contribution in [3.63, 3.8) is 0 Å². The second kappa shape index (κ2) is 3.97. The van der Waals surface area contributed by atoms with Gasteiger partial charge in [0.1, 0.15) is 5.82 Å². The highest BCUT2D eigenvalue weighted by Gasteiger charge is 2.12. The van der Waals surface area contributed by atoms with Gasteiger partial charge in [-0.25, -0.2) is 0 Å². The third-order valence-electron chi connectivity index (χ3n) is 2.43. The van der Waals surface area contributed by atoms with Crippen molar-refractivity contribution in [2.24, 2.45) is 0 Å². The minimum atomic E-state index is -0.0919. The Morgan fingerprint density at radius 2 is 2.35 bits per heavy atom. The first-order valence-electron chi connectivity index (χ1n) is 5.02. The average Bonchev–Trinajstić information content (AvgIpc) is 2.93. The summed E-state index contributed by atoms with van der Waals surface area (Å²) in [5.74, 6) is 0.567. The van der Waals surface area contributed by atoms with E-state index in [1.807, 2.05) is 24.4 Å². The molecule has 17 heavy (non-hydrogen) atoms. The number of H-pyrrole nitrogens is 1. The molecule has 0 unspecified atom stereocenters. The lowest BCUT2D eigenvalue weighted by atomic mass is 10.3. The van der Waals surface area contributed by atoms with Crippen LogP contribution in [0.2, 0.25) is 0 Å². The van der Waals surface area contributed by atoms with E-state index in [1.54, 1.807) is 17.5 Å². The summed E-state index contributed by atoms with van der Waals surface area (Å²) in [6, 6.07) is 3.95. The third-order valence-corrected chi connectivity index (χ3v) is 4.52. The molecule has 0 aromatic carbocycles. The molecule has 0 atom stereocenters. The number of aryl methyl sites for hydroxylation is 1. The van der Waals surface area contributed by atoms with Crippen molar-refractivity contribution >= 4 is 43.8 Å². The fraction of sp³-hybridized carbons (Fsp3) is 0.0909. The normalized spacial score (nSPS) is 10.9. The van der Waals surface area contributed by atoms with Crippen LogP contribution >= 0.6 is 22.7 Å². The minimum Gasteiger partial charge on any atom is -0.306 e. The van der Waals surface area contributed by atoms with E-state index in [2.05, 4.69) is 15.5 Å². The molecule has 4 nitrogen and oxygen atoms in total. The Hall–Kier alpha value is -1.66. The number of hydrogen-bond acceptors (Lipinski definition) is 4. The topological polar surface area (TPSA) is 57.8 Å². The molecule has 6 heteroatoms. The number of hydrogen-bond donors (Lipinski definition) is 2. The summed E-state index contributed by atoms with van der Waals surface area (Å²) < 4.78 is 2.31. The highest BCUT2D eigenvalue weighted by Crippen LogP contribution is 2.30. The Kier molecular flexibility index (Phi) is 2.45. The summed E-state index contributed by atoms with van der Waals surface area (Å²) in [6.45, 7) is 1.89. The molecular formula is C11H9N3OS2. The van der Waals surface area contributed by atoms with Gasteiger partial charge in [0.25, 0.3) is 5.91 Å². The molecule has 0 bridgehead atoms. The maximum absolute atomic E-state index is 12.0. The molecule has 0 aliphatic heterocycles. The second-order valence-electron chi connectivity index (χ2n) is 3.64. The largest absolute Gasteiger partial charge is 0.306 e. The number of carbonyl (C=O) groups excluding carboxylic acids is 1. The molecule has 1 amide bonds. The van der Waals surface area contributed by atoms with Crippen LogP contribution in [0, 0.1) is 6.92 Å². The molecule has 3 heterocycles. The minimum absolute atomic E-state index is 0.0919. The van der Waals surface area contributed by atoms with E-state index in [0.717, 1.165) is 19.8 Å². The Labute approximate surface area is 105 Å². The second-order valence-corrected chi connectivity index (χ2v) is 5.67. The summed E-state index contributed by atoms with van der Waals surface area (Å²) in [5, 5.41) is 11.5.